The largest absolute Gasteiger partial charge is 0.497 e. The second-order valence-electron chi connectivity index (χ2n) is 5.08. The first-order valence-corrected chi connectivity index (χ1v) is 7.72. The Morgan fingerprint density at radius 3 is 2.48 bits per heavy atom. The van der Waals surface area contributed by atoms with Gasteiger partial charge in [0, 0.05) is 11.6 Å². The van der Waals surface area contributed by atoms with E-state index in [2.05, 4.69) is 5.32 Å². The third kappa shape index (κ3) is 5.18. The van der Waals surface area contributed by atoms with Crippen LogP contribution in [0.25, 0.3) is 0 Å². The van der Waals surface area contributed by atoms with E-state index >= 15 is 0 Å². The number of rotatable bonds is 7. The number of hydrogen-bond acceptors (Lipinski definition) is 3. The summed E-state index contributed by atoms with van der Waals surface area (Å²) in [5.74, 6) is 1.54. The van der Waals surface area contributed by atoms with Crippen LogP contribution >= 0.6 is 11.6 Å². The molecule has 0 bridgehead atoms. The molecule has 122 valence electrons. The van der Waals surface area contributed by atoms with Crippen molar-refractivity contribution in [1.29, 1.82) is 0 Å². The van der Waals surface area contributed by atoms with Gasteiger partial charge < -0.3 is 14.8 Å². The quantitative estimate of drug-likeness (QED) is 0.846. The maximum Gasteiger partial charge on any atom is 0.224 e. The maximum absolute atomic E-state index is 12.0. The molecule has 1 amide bonds. The summed E-state index contributed by atoms with van der Waals surface area (Å²) in [6.07, 6.45) is 1.01. The molecule has 5 heteroatoms. The number of amides is 1. The first kappa shape index (κ1) is 17.2. The lowest BCUT2D eigenvalue weighted by atomic mass is 10.1. The number of carbonyl (C=O) groups is 1. The lowest BCUT2D eigenvalue weighted by Crippen LogP contribution is -2.27. The molecular formula is C18H20ClNO3. The van der Waals surface area contributed by atoms with Crippen LogP contribution in [-0.4, -0.2) is 26.7 Å². The average Bonchev–Trinajstić information content (AvgIpc) is 2.56. The third-order valence-corrected chi connectivity index (χ3v) is 3.72. The predicted octanol–water partition coefficient (Wildman–Crippen LogP) is 3.26. The van der Waals surface area contributed by atoms with Crippen molar-refractivity contribution in [2.24, 2.45) is 0 Å². The molecule has 4 nitrogen and oxygen atoms in total. The van der Waals surface area contributed by atoms with Gasteiger partial charge in [0.05, 0.1) is 20.6 Å². The van der Waals surface area contributed by atoms with Gasteiger partial charge in [0.15, 0.2) is 0 Å². The summed E-state index contributed by atoms with van der Waals surface area (Å²) in [7, 11) is 3.24. The van der Waals surface area contributed by atoms with E-state index in [9.17, 15) is 4.79 Å². The minimum Gasteiger partial charge on any atom is -0.497 e. The van der Waals surface area contributed by atoms with E-state index in [1.807, 2.05) is 36.4 Å². The number of nitrogens with one attached hydrogen (secondary N) is 1. The molecule has 0 aliphatic rings. The van der Waals surface area contributed by atoms with Crippen molar-refractivity contribution in [2.45, 2.75) is 12.8 Å². The van der Waals surface area contributed by atoms with E-state index < -0.39 is 0 Å². The zero-order chi connectivity index (χ0) is 16.7. The van der Waals surface area contributed by atoms with E-state index in [4.69, 9.17) is 21.1 Å². The lowest BCUT2D eigenvalue weighted by Gasteiger charge is -2.10. The smallest absolute Gasteiger partial charge is 0.224 e. The van der Waals surface area contributed by atoms with Crippen molar-refractivity contribution in [1.82, 2.24) is 5.32 Å². The van der Waals surface area contributed by atoms with Crippen LogP contribution in [0, 0.1) is 0 Å². The molecule has 0 saturated heterocycles. The number of halogens is 1. The van der Waals surface area contributed by atoms with Crippen LogP contribution in [0.2, 0.25) is 5.02 Å². The van der Waals surface area contributed by atoms with Crippen LogP contribution in [0.5, 0.6) is 11.5 Å². The number of carbonyl (C=O) groups excluding carboxylic acids is 1. The first-order chi connectivity index (χ1) is 11.1. The van der Waals surface area contributed by atoms with E-state index in [-0.39, 0.29) is 5.91 Å². The number of methoxy groups -OCH3 is 2. The Kier molecular flexibility index (Phi) is 6.29. The van der Waals surface area contributed by atoms with E-state index in [1.54, 1.807) is 20.3 Å². The highest BCUT2D eigenvalue weighted by atomic mass is 35.5. The Hall–Kier alpha value is -2.20. The van der Waals surface area contributed by atoms with E-state index in [1.165, 1.54) is 0 Å². The molecule has 0 aliphatic carbocycles. The second kappa shape index (κ2) is 8.44. The molecule has 2 aromatic rings. The van der Waals surface area contributed by atoms with Gasteiger partial charge in [-0.3, -0.25) is 4.79 Å². The second-order valence-corrected chi connectivity index (χ2v) is 5.52. The van der Waals surface area contributed by atoms with Crippen molar-refractivity contribution in [3.05, 3.63) is 58.6 Å². The standard InChI is InChI=1S/C18H20ClNO3/c1-22-16-6-3-13(4-7-16)11-18(21)20-10-9-14-12-15(19)5-8-17(14)23-2/h3-8,12H,9-11H2,1-2H3,(H,20,21). The Balaban J connectivity index is 1.83. The van der Waals surface area contributed by atoms with Gasteiger partial charge in [-0.2, -0.15) is 0 Å². The molecule has 0 radical (unpaired) electrons. The molecule has 0 atom stereocenters. The van der Waals surface area contributed by atoms with Gasteiger partial charge in [0.25, 0.3) is 0 Å². The molecule has 0 unspecified atom stereocenters. The zero-order valence-electron chi connectivity index (χ0n) is 13.3. The minimum atomic E-state index is -0.0174. The molecule has 0 heterocycles. The fraction of sp³-hybridized carbons (Fsp3) is 0.278. The Labute approximate surface area is 141 Å². The van der Waals surface area contributed by atoms with Crippen molar-refractivity contribution < 1.29 is 14.3 Å². The van der Waals surface area contributed by atoms with Gasteiger partial charge in [-0.25, -0.2) is 0 Å². The van der Waals surface area contributed by atoms with Crippen LogP contribution in [0.3, 0.4) is 0 Å². The Morgan fingerprint density at radius 2 is 1.83 bits per heavy atom. The predicted molar refractivity (Wildman–Crippen MR) is 91.4 cm³/mol. The molecule has 23 heavy (non-hydrogen) atoms. The fourth-order valence-corrected chi connectivity index (χ4v) is 2.47. The fourth-order valence-electron chi connectivity index (χ4n) is 2.27. The topological polar surface area (TPSA) is 47.6 Å². The third-order valence-electron chi connectivity index (χ3n) is 3.48. The molecule has 0 fully saturated rings. The van der Waals surface area contributed by atoms with Crippen LogP contribution in [0.1, 0.15) is 11.1 Å². The van der Waals surface area contributed by atoms with Crippen LogP contribution in [0.4, 0.5) is 0 Å². The normalized spacial score (nSPS) is 10.2. The molecule has 0 saturated carbocycles. The van der Waals surface area contributed by atoms with Crippen LogP contribution in [0.15, 0.2) is 42.5 Å². The number of benzene rings is 2. The SMILES string of the molecule is COc1ccc(CC(=O)NCCc2cc(Cl)ccc2OC)cc1. The molecule has 1 N–H and O–H groups in total. The highest BCUT2D eigenvalue weighted by molar-refractivity contribution is 6.30. The van der Waals surface area contributed by atoms with Gasteiger partial charge in [-0.1, -0.05) is 23.7 Å². The highest BCUT2D eigenvalue weighted by Gasteiger charge is 2.06. The summed E-state index contributed by atoms with van der Waals surface area (Å²) >= 11 is 5.99. The number of ether oxygens (including phenoxy) is 2. The number of hydrogen-bond donors (Lipinski definition) is 1. The summed E-state index contributed by atoms with van der Waals surface area (Å²) in [6.45, 7) is 0.533. The van der Waals surface area contributed by atoms with Gasteiger partial charge in [0.1, 0.15) is 11.5 Å². The molecule has 0 aromatic heterocycles. The summed E-state index contributed by atoms with van der Waals surface area (Å²) in [5, 5.41) is 3.57. The monoisotopic (exact) mass is 333 g/mol. The maximum atomic E-state index is 12.0. The van der Waals surface area contributed by atoms with Gasteiger partial charge >= 0.3 is 0 Å². The van der Waals surface area contributed by atoms with Crippen molar-refractivity contribution >= 4 is 17.5 Å². The Bertz CT molecular complexity index is 656. The summed E-state index contributed by atoms with van der Waals surface area (Å²) in [6, 6.07) is 12.9. The van der Waals surface area contributed by atoms with E-state index in [0.717, 1.165) is 22.6 Å². The molecule has 2 rings (SSSR count). The Morgan fingerprint density at radius 1 is 1.09 bits per heavy atom. The molecular weight excluding hydrogens is 314 g/mol. The van der Waals surface area contributed by atoms with Crippen molar-refractivity contribution in [3.8, 4) is 11.5 Å². The molecule has 2 aromatic carbocycles. The van der Waals surface area contributed by atoms with Gasteiger partial charge in [-0.05, 0) is 47.9 Å². The first-order valence-electron chi connectivity index (χ1n) is 7.34. The van der Waals surface area contributed by atoms with Crippen molar-refractivity contribution in [3.63, 3.8) is 0 Å². The lowest BCUT2D eigenvalue weighted by molar-refractivity contribution is -0.120. The highest BCUT2D eigenvalue weighted by Crippen LogP contribution is 2.22. The summed E-state index contributed by atoms with van der Waals surface area (Å²) in [5.41, 5.74) is 1.92. The van der Waals surface area contributed by atoms with Crippen molar-refractivity contribution in [2.75, 3.05) is 20.8 Å². The molecule has 0 spiro atoms. The minimum absolute atomic E-state index is 0.0174. The van der Waals surface area contributed by atoms with Crippen LogP contribution < -0.4 is 14.8 Å². The zero-order valence-corrected chi connectivity index (χ0v) is 14.0. The summed E-state index contributed by atoms with van der Waals surface area (Å²) < 4.78 is 10.4. The van der Waals surface area contributed by atoms with Crippen LogP contribution in [-0.2, 0) is 17.6 Å². The van der Waals surface area contributed by atoms with E-state index in [0.29, 0.717) is 24.4 Å². The summed E-state index contributed by atoms with van der Waals surface area (Å²) in [4.78, 5) is 12.0. The van der Waals surface area contributed by atoms with Gasteiger partial charge in [0.2, 0.25) is 5.91 Å². The van der Waals surface area contributed by atoms with Gasteiger partial charge in [-0.15, -0.1) is 0 Å². The molecule has 0 aliphatic heterocycles. The average molecular weight is 334 g/mol.